The van der Waals surface area contributed by atoms with Crippen LogP contribution in [0.5, 0.6) is 0 Å². The van der Waals surface area contributed by atoms with Crippen molar-refractivity contribution in [2.24, 2.45) is 0 Å². The quantitative estimate of drug-likeness (QED) is 0.252. The monoisotopic (exact) mass is 560 g/mol. The Kier molecular flexibility index (Phi) is 7.32. The van der Waals surface area contributed by atoms with Crippen molar-refractivity contribution < 1.29 is 27.9 Å². The number of rotatable bonds is 8. The minimum absolute atomic E-state index is 0.0252. The van der Waals surface area contributed by atoms with Gasteiger partial charge in [-0.25, -0.2) is 8.42 Å². The van der Waals surface area contributed by atoms with E-state index in [4.69, 9.17) is 28.3 Å². The molecule has 2 aromatic carbocycles. The number of ketones is 1. The van der Waals surface area contributed by atoms with Crippen molar-refractivity contribution >= 4 is 68.0 Å². The van der Waals surface area contributed by atoms with E-state index in [2.05, 4.69) is 10.3 Å². The number of aromatic nitrogens is 1. The molecule has 0 saturated heterocycles. The minimum atomic E-state index is -3.89. The van der Waals surface area contributed by atoms with Gasteiger partial charge >= 0.3 is 5.97 Å². The topological polar surface area (TPSA) is 133 Å². The molecule has 0 unspecified atom stereocenters. The third-order valence-electron chi connectivity index (χ3n) is 6.08. The zero-order chi connectivity index (χ0) is 27.1. The molecule has 0 radical (unpaired) electrons. The Bertz CT molecular complexity index is 1580. The number of hydrogen-bond donors (Lipinski definition) is 3. The Morgan fingerprint density at radius 3 is 2.38 bits per heavy atom. The predicted octanol–water partition coefficient (Wildman–Crippen LogP) is 5.32. The van der Waals surface area contributed by atoms with Gasteiger partial charge in [0.1, 0.15) is 0 Å². The highest BCUT2D eigenvalue weighted by molar-refractivity contribution is 7.90. The lowest BCUT2D eigenvalue weighted by Gasteiger charge is -2.10. The molecule has 2 heterocycles. The van der Waals surface area contributed by atoms with E-state index in [1.807, 2.05) is 0 Å². The number of H-pyrrole nitrogens is 1. The number of hydrogen-bond acceptors (Lipinski definition) is 5. The molecule has 4 rings (SSSR count). The van der Waals surface area contributed by atoms with Gasteiger partial charge in [-0.1, -0.05) is 29.3 Å². The van der Waals surface area contributed by atoms with Crippen LogP contribution < -0.4 is 5.32 Å². The zero-order valence-electron chi connectivity index (χ0n) is 19.8. The van der Waals surface area contributed by atoms with Crippen LogP contribution in [0.25, 0.3) is 11.6 Å². The largest absolute Gasteiger partial charge is 0.481 e. The van der Waals surface area contributed by atoms with Gasteiger partial charge in [0.25, 0.3) is 5.91 Å². The molecule has 192 valence electrons. The number of nitrogens with one attached hydrogen (secondary N) is 2. The molecule has 0 saturated carbocycles. The van der Waals surface area contributed by atoms with E-state index < -0.39 is 27.5 Å². The van der Waals surface area contributed by atoms with Crippen LogP contribution in [0.1, 0.15) is 51.8 Å². The summed E-state index contributed by atoms with van der Waals surface area (Å²) in [6.45, 7) is 3.08. The number of anilines is 1. The van der Waals surface area contributed by atoms with Crippen LogP contribution in [0.3, 0.4) is 0 Å². The number of aliphatic carboxylic acids is 1. The van der Waals surface area contributed by atoms with E-state index in [1.165, 1.54) is 31.2 Å². The van der Waals surface area contributed by atoms with Crippen molar-refractivity contribution in [2.45, 2.75) is 37.3 Å². The van der Waals surface area contributed by atoms with Crippen molar-refractivity contribution in [3.63, 3.8) is 0 Å². The van der Waals surface area contributed by atoms with E-state index in [1.54, 1.807) is 25.1 Å². The highest BCUT2D eigenvalue weighted by atomic mass is 35.5. The summed E-state index contributed by atoms with van der Waals surface area (Å²) >= 11 is 12.3. The fraction of sp³-hybridized carbons (Fsp3) is 0.192. The smallest absolute Gasteiger partial charge is 0.303 e. The standard InChI is InChI=1S/C26H22Cl2N2O6S/c1-13-25(14(2)31)16(7-9-24(32)33)23(29-13)11-18-17-10-15(6-8-22(17)30-26(18)34)37(35,36)12-19-20(27)4-3-5-21(19)28/h3-6,8,10-11,29H,7,9,12H2,1-2H3,(H,30,34)(H,32,33)/b18-11-. The first kappa shape index (κ1) is 26.7. The Morgan fingerprint density at radius 1 is 1.08 bits per heavy atom. The molecule has 1 aliphatic rings. The summed E-state index contributed by atoms with van der Waals surface area (Å²) in [5.74, 6) is -2.15. The number of benzene rings is 2. The number of Topliss-reactive ketones (excluding diaryl/α,β-unsaturated/α-hetero) is 1. The van der Waals surface area contributed by atoms with Crippen molar-refractivity contribution in [3.8, 4) is 0 Å². The Hall–Kier alpha value is -3.40. The van der Waals surface area contributed by atoms with Gasteiger partial charge in [0.2, 0.25) is 0 Å². The lowest BCUT2D eigenvalue weighted by molar-refractivity contribution is -0.137. The third-order valence-corrected chi connectivity index (χ3v) is 8.43. The Balaban J connectivity index is 1.78. The number of aryl methyl sites for hydroxylation is 1. The molecule has 37 heavy (non-hydrogen) atoms. The predicted molar refractivity (Wildman–Crippen MR) is 142 cm³/mol. The minimum Gasteiger partial charge on any atom is -0.481 e. The first-order valence-electron chi connectivity index (χ1n) is 11.2. The third kappa shape index (κ3) is 5.34. The highest BCUT2D eigenvalue weighted by Gasteiger charge is 2.29. The van der Waals surface area contributed by atoms with Crippen molar-refractivity contribution in [1.82, 2.24) is 4.98 Å². The summed E-state index contributed by atoms with van der Waals surface area (Å²) in [5.41, 5.74) is 3.06. The number of aromatic amines is 1. The summed E-state index contributed by atoms with van der Waals surface area (Å²) < 4.78 is 26.5. The Morgan fingerprint density at radius 2 is 1.76 bits per heavy atom. The van der Waals surface area contributed by atoms with Crippen LogP contribution in [-0.4, -0.2) is 36.2 Å². The van der Waals surface area contributed by atoms with Gasteiger partial charge in [0.15, 0.2) is 15.6 Å². The number of carboxylic acids is 1. The maximum atomic E-state index is 13.2. The molecule has 0 aliphatic carbocycles. The van der Waals surface area contributed by atoms with Gasteiger partial charge in [0, 0.05) is 50.2 Å². The number of carboxylic acid groups (broad SMARTS) is 1. The van der Waals surface area contributed by atoms with E-state index in [0.29, 0.717) is 33.8 Å². The van der Waals surface area contributed by atoms with Gasteiger partial charge in [-0.3, -0.25) is 14.4 Å². The number of carbonyl (C=O) groups excluding carboxylic acids is 2. The van der Waals surface area contributed by atoms with E-state index >= 15 is 0 Å². The fourth-order valence-corrected chi connectivity index (χ4v) is 6.50. The van der Waals surface area contributed by atoms with Crippen LogP contribution in [0.4, 0.5) is 5.69 Å². The molecule has 1 amide bonds. The second kappa shape index (κ2) is 10.2. The molecule has 1 aromatic heterocycles. The van der Waals surface area contributed by atoms with E-state index in [9.17, 15) is 22.8 Å². The van der Waals surface area contributed by atoms with Gasteiger partial charge in [0.05, 0.1) is 16.2 Å². The molecule has 3 N–H and O–H groups in total. The average Bonchev–Trinajstić information content (AvgIpc) is 3.30. The van der Waals surface area contributed by atoms with Crippen molar-refractivity contribution in [1.29, 1.82) is 0 Å². The lowest BCUT2D eigenvalue weighted by Crippen LogP contribution is -2.06. The summed E-state index contributed by atoms with van der Waals surface area (Å²) in [4.78, 5) is 39.3. The molecule has 11 heteroatoms. The molecular formula is C26H22Cl2N2O6S. The van der Waals surface area contributed by atoms with Gasteiger partial charge < -0.3 is 15.4 Å². The molecule has 3 aromatic rings. The maximum absolute atomic E-state index is 13.2. The second-order valence-corrected chi connectivity index (χ2v) is 11.4. The van der Waals surface area contributed by atoms with Gasteiger partial charge in [-0.2, -0.15) is 0 Å². The fourth-order valence-electron chi connectivity index (χ4n) is 4.38. The molecule has 8 nitrogen and oxygen atoms in total. The Labute approximate surface area is 223 Å². The van der Waals surface area contributed by atoms with Crippen LogP contribution in [0, 0.1) is 6.92 Å². The summed E-state index contributed by atoms with van der Waals surface area (Å²) in [7, 11) is -3.89. The summed E-state index contributed by atoms with van der Waals surface area (Å²) in [6, 6.07) is 9.03. The van der Waals surface area contributed by atoms with Gasteiger partial charge in [-0.05, 0) is 62.2 Å². The van der Waals surface area contributed by atoms with Crippen LogP contribution in [0.15, 0.2) is 41.3 Å². The summed E-state index contributed by atoms with van der Waals surface area (Å²) in [5, 5.41) is 12.3. The van der Waals surface area contributed by atoms with Crippen LogP contribution in [-0.2, 0) is 31.6 Å². The molecular weight excluding hydrogens is 539 g/mol. The van der Waals surface area contributed by atoms with E-state index in [0.717, 1.165) is 0 Å². The average molecular weight is 561 g/mol. The SMILES string of the molecule is CC(=O)c1c(C)[nH]c(/C=C2\C(=O)Nc3ccc(S(=O)(=O)Cc4c(Cl)cccc4Cl)cc32)c1CCC(=O)O. The normalized spacial score (nSPS) is 14.1. The molecule has 1 aliphatic heterocycles. The number of halogens is 2. The first-order valence-corrected chi connectivity index (χ1v) is 13.6. The zero-order valence-corrected chi connectivity index (χ0v) is 22.1. The van der Waals surface area contributed by atoms with Crippen LogP contribution >= 0.6 is 23.2 Å². The number of carbonyl (C=O) groups is 3. The number of fused-ring (bicyclic) bond motifs is 1. The molecule has 0 fully saturated rings. The molecule has 0 bridgehead atoms. The maximum Gasteiger partial charge on any atom is 0.303 e. The molecule has 0 atom stereocenters. The lowest BCUT2D eigenvalue weighted by atomic mass is 9.98. The van der Waals surface area contributed by atoms with E-state index in [-0.39, 0.29) is 44.7 Å². The second-order valence-electron chi connectivity index (χ2n) is 8.65. The van der Waals surface area contributed by atoms with Crippen molar-refractivity contribution in [2.75, 3.05) is 5.32 Å². The first-order chi connectivity index (χ1) is 17.4. The number of amides is 1. The van der Waals surface area contributed by atoms with Crippen LogP contribution in [0.2, 0.25) is 10.0 Å². The highest BCUT2D eigenvalue weighted by Crippen LogP contribution is 2.37. The molecule has 0 spiro atoms. The van der Waals surface area contributed by atoms with Crippen molar-refractivity contribution in [3.05, 3.63) is 80.1 Å². The number of sulfone groups is 1. The summed E-state index contributed by atoms with van der Waals surface area (Å²) in [6.07, 6.45) is 1.39. The van der Waals surface area contributed by atoms with Gasteiger partial charge in [-0.15, -0.1) is 0 Å².